The summed E-state index contributed by atoms with van der Waals surface area (Å²) < 4.78 is 40.6. The Morgan fingerprint density at radius 1 is 1.44 bits per heavy atom. The summed E-state index contributed by atoms with van der Waals surface area (Å²) in [5.41, 5.74) is 0. The fourth-order valence-corrected chi connectivity index (χ4v) is 1.46. The summed E-state index contributed by atoms with van der Waals surface area (Å²) >= 11 is 0. The van der Waals surface area contributed by atoms with E-state index in [-0.39, 0.29) is 6.42 Å². The lowest BCUT2D eigenvalue weighted by atomic mass is 9.99. The fraction of sp³-hybridized carbons (Fsp3) is 0.875. The standard InChI is InChI=1S/C8H12F3NO4/c1-3-6(14)4(2-5(13)16-3)12-7(15)8(9,10)11/h3-6,13-14H,2H2,1H3,(H,12,15)/t3?,4-,5-,6?/m1/s1. The van der Waals surface area contributed by atoms with Crippen LogP contribution in [0.3, 0.4) is 0 Å². The third kappa shape index (κ3) is 3.06. The number of aliphatic hydroxyl groups excluding tert-OH is 2. The lowest BCUT2D eigenvalue weighted by molar-refractivity contribution is -0.207. The fourth-order valence-electron chi connectivity index (χ4n) is 1.46. The van der Waals surface area contributed by atoms with Crippen LogP contribution >= 0.6 is 0 Å². The van der Waals surface area contributed by atoms with E-state index >= 15 is 0 Å². The monoisotopic (exact) mass is 243 g/mol. The van der Waals surface area contributed by atoms with Crippen LogP contribution in [0.2, 0.25) is 0 Å². The number of halogens is 3. The molecule has 0 aromatic heterocycles. The van der Waals surface area contributed by atoms with Gasteiger partial charge in [0, 0.05) is 6.42 Å². The van der Waals surface area contributed by atoms with Gasteiger partial charge in [0.1, 0.15) is 6.10 Å². The number of amides is 1. The average Bonchev–Trinajstić information content (AvgIpc) is 2.11. The quantitative estimate of drug-likeness (QED) is 0.581. The Balaban J connectivity index is 2.62. The van der Waals surface area contributed by atoms with Gasteiger partial charge in [0.15, 0.2) is 6.29 Å². The summed E-state index contributed by atoms with van der Waals surface area (Å²) in [7, 11) is 0. The Labute approximate surface area is 89.2 Å². The maximum atomic E-state index is 11.9. The van der Waals surface area contributed by atoms with Crippen LogP contribution in [-0.4, -0.2) is 46.8 Å². The van der Waals surface area contributed by atoms with Gasteiger partial charge in [-0.3, -0.25) is 4.79 Å². The topological polar surface area (TPSA) is 78.8 Å². The van der Waals surface area contributed by atoms with E-state index in [0.717, 1.165) is 0 Å². The highest BCUT2D eigenvalue weighted by molar-refractivity contribution is 5.82. The molecule has 0 bridgehead atoms. The lowest BCUT2D eigenvalue weighted by Gasteiger charge is -2.36. The van der Waals surface area contributed by atoms with Crippen molar-refractivity contribution in [2.45, 2.75) is 44.1 Å². The lowest BCUT2D eigenvalue weighted by Crippen LogP contribution is -2.56. The Kier molecular flexibility index (Phi) is 3.76. The second kappa shape index (κ2) is 4.56. The number of rotatable bonds is 1. The highest BCUT2D eigenvalue weighted by Gasteiger charge is 2.43. The van der Waals surface area contributed by atoms with E-state index in [1.807, 2.05) is 0 Å². The summed E-state index contributed by atoms with van der Waals surface area (Å²) in [5.74, 6) is -2.14. The SMILES string of the molecule is CC1O[C@@H](O)C[C@@H](NC(=O)C(F)(F)F)C1O. The van der Waals surface area contributed by atoms with E-state index in [0.29, 0.717) is 0 Å². The third-order valence-corrected chi connectivity index (χ3v) is 2.29. The number of nitrogens with one attached hydrogen (secondary N) is 1. The zero-order valence-electron chi connectivity index (χ0n) is 8.36. The molecule has 0 radical (unpaired) electrons. The number of hydrogen-bond acceptors (Lipinski definition) is 4. The van der Waals surface area contributed by atoms with Crippen molar-refractivity contribution >= 4 is 5.91 Å². The summed E-state index contributed by atoms with van der Waals surface area (Å²) in [6, 6.07) is -1.17. The second-order valence-electron chi connectivity index (χ2n) is 3.60. The second-order valence-corrected chi connectivity index (χ2v) is 3.60. The van der Waals surface area contributed by atoms with Crippen molar-refractivity contribution in [2.75, 3.05) is 0 Å². The molecule has 2 unspecified atom stereocenters. The van der Waals surface area contributed by atoms with Crippen molar-refractivity contribution in [3.8, 4) is 0 Å². The van der Waals surface area contributed by atoms with E-state index in [9.17, 15) is 23.1 Å². The molecule has 8 heteroatoms. The smallest absolute Gasteiger partial charge is 0.388 e. The predicted molar refractivity (Wildman–Crippen MR) is 45.2 cm³/mol. The Hall–Kier alpha value is -0.860. The minimum Gasteiger partial charge on any atom is -0.388 e. The van der Waals surface area contributed by atoms with Crippen LogP contribution in [0.1, 0.15) is 13.3 Å². The number of carbonyl (C=O) groups is 1. The number of ether oxygens (including phenoxy) is 1. The normalized spacial score (nSPS) is 35.9. The van der Waals surface area contributed by atoms with Crippen LogP contribution in [0.4, 0.5) is 13.2 Å². The maximum absolute atomic E-state index is 11.9. The van der Waals surface area contributed by atoms with Crippen molar-refractivity contribution in [3.63, 3.8) is 0 Å². The molecule has 1 heterocycles. The summed E-state index contributed by atoms with van der Waals surface area (Å²) in [6.07, 6.45) is -8.71. The summed E-state index contributed by atoms with van der Waals surface area (Å²) in [6.45, 7) is 1.39. The van der Waals surface area contributed by atoms with E-state index in [4.69, 9.17) is 9.84 Å². The molecule has 1 aliphatic rings. The van der Waals surface area contributed by atoms with Gasteiger partial charge in [0.05, 0.1) is 12.1 Å². The predicted octanol–water partition coefficient (Wildman–Crippen LogP) is -0.478. The number of alkyl halides is 3. The van der Waals surface area contributed by atoms with Crippen LogP contribution in [0.5, 0.6) is 0 Å². The van der Waals surface area contributed by atoms with Gasteiger partial charge in [0.2, 0.25) is 0 Å². The Morgan fingerprint density at radius 3 is 2.50 bits per heavy atom. The molecular weight excluding hydrogens is 231 g/mol. The van der Waals surface area contributed by atoms with E-state index < -0.39 is 36.6 Å². The van der Waals surface area contributed by atoms with Crippen LogP contribution in [0.15, 0.2) is 0 Å². The molecule has 1 saturated heterocycles. The van der Waals surface area contributed by atoms with Gasteiger partial charge in [-0.05, 0) is 6.92 Å². The van der Waals surface area contributed by atoms with Crippen LogP contribution < -0.4 is 5.32 Å². The molecule has 0 aromatic carbocycles. The first kappa shape index (κ1) is 13.2. The minimum absolute atomic E-state index is 0.284. The van der Waals surface area contributed by atoms with Gasteiger partial charge < -0.3 is 20.3 Å². The zero-order chi connectivity index (χ0) is 12.5. The molecule has 0 spiro atoms. The molecule has 0 aliphatic carbocycles. The van der Waals surface area contributed by atoms with Gasteiger partial charge in [-0.1, -0.05) is 0 Å². The van der Waals surface area contributed by atoms with Crippen LogP contribution in [0.25, 0.3) is 0 Å². The van der Waals surface area contributed by atoms with Gasteiger partial charge >= 0.3 is 12.1 Å². The molecule has 1 aliphatic heterocycles. The molecule has 3 N–H and O–H groups in total. The first-order valence-corrected chi connectivity index (χ1v) is 4.61. The van der Waals surface area contributed by atoms with Gasteiger partial charge in [-0.2, -0.15) is 13.2 Å². The van der Waals surface area contributed by atoms with Crippen LogP contribution in [-0.2, 0) is 9.53 Å². The molecule has 1 rings (SSSR count). The molecular formula is C8H12F3NO4. The molecule has 94 valence electrons. The molecule has 4 atom stereocenters. The summed E-state index contributed by atoms with van der Waals surface area (Å²) in [4.78, 5) is 10.6. The molecule has 16 heavy (non-hydrogen) atoms. The van der Waals surface area contributed by atoms with Crippen molar-refractivity contribution in [3.05, 3.63) is 0 Å². The highest BCUT2D eigenvalue weighted by atomic mass is 19.4. The first-order valence-electron chi connectivity index (χ1n) is 4.61. The van der Waals surface area contributed by atoms with Crippen LogP contribution in [0, 0.1) is 0 Å². The van der Waals surface area contributed by atoms with Crippen molar-refractivity contribution in [2.24, 2.45) is 0 Å². The number of hydrogen-bond donors (Lipinski definition) is 3. The minimum atomic E-state index is -5.01. The van der Waals surface area contributed by atoms with E-state index in [2.05, 4.69) is 0 Å². The van der Waals surface area contributed by atoms with Crippen molar-refractivity contribution in [1.82, 2.24) is 5.32 Å². The first-order chi connectivity index (χ1) is 7.21. The van der Waals surface area contributed by atoms with E-state index in [1.165, 1.54) is 6.92 Å². The van der Waals surface area contributed by atoms with Gasteiger partial charge in [-0.25, -0.2) is 0 Å². The van der Waals surface area contributed by atoms with E-state index in [1.54, 1.807) is 5.32 Å². The van der Waals surface area contributed by atoms with Crippen molar-refractivity contribution < 1.29 is 32.9 Å². The highest BCUT2D eigenvalue weighted by Crippen LogP contribution is 2.21. The Morgan fingerprint density at radius 2 is 2.00 bits per heavy atom. The molecule has 0 saturated carbocycles. The third-order valence-electron chi connectivity index (χ3n) is 2.29. The molecule has 1 fully saturated rings. The van der Waals surface area contributed by atoms with Gasteiger partial charge in [0.25, 0.3) is 0 Å². The average molecular weight is 243 g/mol. The molecule has 1 amide bonds. The zero-order valence-corrected chi connectivity index (χ0v) is 8.36. The maximum Gasteiger partial charge on any atom is 0.471 e. The van der Waals surface area contributed by atoms with Crippen molar-refractivity contribution in [1.29, 1.82) is 0 Å². The number of carbonyl (C=O) groups excluding carboxylic acids is 1. The largest absolute Gasteiger partial charge is 0.471 e. The molecule has 0 aromatic rings. The van der Waals surface area contributed by atoms with Gasteiger partial charge in [-0.15, -0.1) is 0 Å². The molecule has 5 nitrogen and oxygen atoms in total. The number of aliphatic hydroxyl groups is 2. The summed E-state index contributed by atoms with van der Waals surface area (Å²) in [5, 5.41) is 20.2. The Bertz CT molecular complexity index is 270.